The first-order valence-corrected chi connectivity index (χ1v) is 6.18. The molecule has 1 atom stereocenters. The van der Waals surface area contributed by atoms with E-state index in [9.17, 15) is 0 Å². The van der Waals surface area contributed by atoms with Crippen molar-refractivity contribution in [1.29, 1.82) is 0 Å². The highest BCUT2D eigenvalue weighted by atomic mass is 32.1. The van der Waals surface area contributed by atoms with Crippen LogP contribution in [0.1, 0.15) is 18.7 Å². The molecule has 1 fully saturated rings. The molecule has 2 N–H and O–H groups in total. The van der Waals surface area contributed by atoms with Gasteiger partial charge in [-0.15, -0.1) is 11.3 Å². The first-order chi connectivity index (χ1) is 7.83. The summed E-state index contributed by atoms with van der Waals surface area (Å²) in [7, 11) is 0. The molecule has 0 radical (unpaired) electrons. The maximum absolute atomic E-state index is 6.00. The molecular weight excluding hydrogens is 224 g/mol. The maximum Gasteiger partial charge on any atom is 0.228 e. The molecule has 2 heterocycles. The number of hydrogen-bond acceptors (Lipinski definition) is 6. The van der Waals surface area contributed by atoms with Crippen molar-refractivity contribution in [1.82, 2.24) is 15.1 Å². The van der Waals surface area contributed by atoms with Gasteiger partial charge in [0, 0.05) is 18.7 Å². The summed E-state index contributed by atoms with van der Waals surface area (Å²) >= 11 is 1.50. The summed E-state index contributed by atoms with van der Waals surface area (Å²) in [6, 6.07) is 0.162. The van der Waals surface area contributed by atoms with E-state index in [0.717, 1.165) is 4.88 Å². The molecule has 6 heteroatoms. The molecule has 0 saturated heterocycles. The van der Waals surface area contributed by atoms with Gasteiger partial charge in [0.2, 0.25) is 11.7 Å². The van der Waals surface area contributed by atoms with Gasteiger partial charge in [-0.05, 0) is 18.8 Å². The van der Waals surface area contributed by atoms with E-state index < -0.39 is 0 Å². The third-order valence-corrected chi connectivity index (χ3v) is 3.53. The second-order valence-corrected chi connectivity index (χ2v) is 4.97. The van der Waals surface area contributed by atoms with Crippen LogP contribution < -0.4 is 5.73 Å². The number of thiazole rings is 1. The van der Waals surface area contributed by atoms with Gasteiger partial charge in [0.25, 0.3) is 0 Å². The first-order valence-electron chi connectivity index (χ1n) is 5.30. The number of rotatable bonds is 4. The van der Waals surface area contributed by atoms with Gasteiger partial charge < -0.3 is 10.3 Å². The molecule has 1 aliphatic carbocycles. The van der Waals surface area contributed by atoms with Crippen molar-refractivity contribution in [2.75, 3.05) is 0 Å². The summed E-state index contributed by atoms with van der Waals surface area (Å²) in [6.45, 7) is 0. The van der Waals surface area contributed by atoms with Gasteiger partial charge in [0.05, 0.1) is 10.4 Å². The fourth-order valence-corrected chi connectivity index (χ4v) is 2.20. The quantitative estimate of drug-likeness (QED) is 0.869. The SMILES string of the molecule is NC(Cc1nc(-c2cncs2)no1)C1CC1. The van der Waals surface area contributed by atoms with E-state index in [4.69, 9.17) is 10.3 Å². The molecule has 3 rings (SSSR count). The zero-order valence-corrected chi connectivity index (χ0v) is 9.48. The van der Waals surface area contributed by atoms with Gasteiger partial charge in [-0.25, -0.2) is 0 Å². The van der Waals surface area contributed by atoms with Crippen molar-refractivity contribution in [3.8, 4) is 10.7 Å². The highest BCUT2D eigenvalue weighted by molar-refractivity contribution is 7.13. The van der Waals surface area contributed by atoms with Crippen molar-refractivity contribution >= 4 is 11.3 Å². The largest absolute Gasteiger partial charge is 0.339 e. The molecule has 0 amide bonds. The minimum atomic E-state index is 0.162. The van der Waals surface area contributed by atoms with E-state index >= 15 is 0 Å². The Labute approximate surface area is 96.7 Å². The van der Waals surface area contributed by atoms with Crippen LogP contribution >= 0.6 is 11.3 Å². The molecule has 1 saturated carbocycles. The van der Waals surface area contributed by atoms with Crippen molar-refractivity contribution in [3.05, 3.63) is 17.6 Å². The molecule has 0 aromatic carbocycles. The predicted octanol–water partition coefficient (Wildman–Crippen LogP) is 1.47. The van der Waals surface area contributed by atoms with Crippen LogP contribution in [0.25, 0.3) is 10.7 Å². The second-order valence-electron chi connectivity index (χ2n) is 4.08. The van der Waals surface area contributed by atoms with E-state index in [-0.39, 0.29) is 6.04 Å². The predicted molar refractivity (Wildman–Crippen MR) is 59.8 cm³/mol. The third kappa shape index (κ3) is 1.98. The van der Waals surface area contributed by atoms with Gasteiger partial charge in [-0.3, -0.25) is 4.98 Å². The van der Waals surface area contributed by atoms with Crippen LogP contribution in [-0.2, 0) is 6.42 Å². The summed E-state index contributed by atoms with van der Waals surface area (Å²) in [6.07, 6.45) is 4.88. The van der Waals surface area contributed by atoms with Crippen molar-refractivity contribution < 1.29 is 4.52 Å². The summed E-state index contributed by atoms with van der Waals surface area (Å²) < 4.78 is 5.17. The molecule has 16 heavy (non-hydrogen) atoms. The van der Waals surface area contributed by atoms with Gasteiger partial charge in [-0.1, -0.05) is 5.16 Å². The number of nitrogens with two attached hydrogens (primary N) is 1. The molecule has 5 nitrogen and oxygen atoms in total. The topological polar surface area (TPSA) is 77.8 Å². The number of hydrogen-bond donors (Lipinski definition) is 1. The lowest BCUT2D eigenvalue weighted by Gasteiger charge is -2.04. The zero-order chi connectivity index (χ0) is 11.0. The molecule has 2 aromatic heterocycles. The summed E-state index contributed by atoms with van der Waals surface area (Å²) in [5.41, 5.74) is 7.75. The third-order valence-electron chi connectivity index (χ3n) is 2.76. The molecule has 0 aliphatic heterocycles. The Morgan fingerprint density at radius 2 is 2.44 bits per heavy atom. The van der Waals surface area contributed by atoms with Gasteiger partial charge in [-0.2, -0.15) is 4.98 Å². The maximum atomic E-state index is 6.00. The monoisotopic (exact) mass is 236 g/mol. The van der Waals surface area contributed by atoms with Crippen LogP contribution in [0.4, 0.5) is 0 Å². The Morgan fingerprint density at radius 1 is 1.56 bits per heavy atom. The van der Waals surface area contributed by atoms with E-state index in [1.807, 2.05) is 0 Å². The molecule has 0 spiro atoms. The van der Waals surface area contributed by atoms with Crippen molar-refractivity contribution in [2.24, 2.45) is 11.7 Å². The van der Waals surface area contributed by atoms with Crippen LogP contribution in [0.5, 0.6) is 0 Å². The highest BCUT2D eigenvalue weighted by Crippen LogP contribution is 2.32. The molecule has 1 aliphatic rings. The Kier molecular flexibility index (Phi) is 2.45. The fraction of sp³-hybridized carbons (Fsp3) is 0.500. The minimum absolute atomic E-state index is 0.162. The molecule has 84 valence electrons. The van der Waals surface area contributed by atoms with Crippen LogP contribution in [0.3, 0.4) is 0 Å². The first kappa shape index (κ1) is 9.92. The Hall–Kier alpha value is -1.27. The van der Waals surface area contributed by atoms with Gasteiger partial charge in [0.1, 0.15) is 0 Å². The van der Waals surface area contributed by atoms with Crippen molar-refractivity contribution in [3.63, 3.8) is 0 Å². The highest BCUT2D eigenvalue weighted by Gasteiger charge is 2.29. The van der Waals surface area contributed by atoms with Crippen LogP contribution in [-0.4, -0.2) is 21.2 Å². The molecule has 1 unspecified atom stereocenters. The van der Waals surface area contributed by atoms with Crippen LogP contribution in [0, 0.1) is 5.92 Å². The lowest BCUT2D eigenvalue weighted by atomic mass is 10.1. The standard InChI is InChI=1S/C10H12N4OS/c11-7(6-1-2-6)3-9-13-10(14-15-9)8-4-12-5-16-8/h4-7H,1-3,11H2. The van der Waals surface area contributed by atoms with Gasteiger partial charge >= 0.3 is 0 Å². The Bertz CT molecular complexity index is 463. The van der Waals surface area contributed by atoms with Crippen LogP contribution in [0.15, 0.2) is 16.2 Å². The van der Waals surface area contributed by atoms with Crippen LogP contribution in [0.2, 0.25) is 0 Å². The lowest BCUT2D eigenvalue weighted by Crippen LogP contribution is -2.25. The average Bonchev–Trinajstić information content (AvgIpc) is 2.80. The molecule has 2 aromatic rings. The van der Waals surface area contributed by atoms with Crippen molar-refractivity contribution in [2.45, 2.75) is 25.3 Å². The molecular formula is C10H12N4OS. The van der Waals surface area contributed by atoms with E-state index in [1.165, 1.54) is 24.2 Å². The normalized spacial score (nSPS) is 17.6. The Balaban J connectivity index is 1.72. The smallest absolute Gasteiger partial charge is 0.228 e. The lowest BCUT2D eigenvalue weighted by molar-refractivity contribution is 0.364. The molecule has 0 bridgehead atoms. The average molecular weight is 236 g/mol. The summed E-state index contributed by atoms with van der Waals surface area (Å²) in [4.78, 5) is 9.22. The zero-order valence-electron chi connectivity index (χ0n) is 8.67. The summed E-state index contributed by atoms with van der Waals surface area (Å²) in [5.74, 6) is 1.89. The minimum Gasteiger partial charge on any atom is -0.339 e. The van der Waals surface area contributed by atoms with E-state index in [0.29, 0.717) is 24.1 Å². The fourth-order valence-electron chi connectivity index (χ4n) is 1.66. The number of aromatic nitrogens is 3. The van der Waals surface area contributed by atoms with E-state index in [2.05, 4.69) is 15.1 Å². The number of nitrogens with zero attached hydrogens (tertiary/aromatic N) is 3. The second kappa shape index (κ2) is 3.95. The van der Waals surface area contributed by atoms with E-state index in [1.54, 1.807) is 11.7 Å². The Morgan fingerprint density at radius 3 is 3.12 bits per heavy atom. The van der Waals surface area contributed by atoms with Gasteiger partial charge in [0.15, 0.2) is 0 Å². The summed E-state index contributed by atoms with van der Waals surface area (Å²) in [5, 5.41) is 3.92.